The van der Waals surface area contributed by atoms with Gasteiger partial charge in [0.05, 0.1) is 6.54 Å². The van der Waals surface area contributed by atoms with E-state index in [0.717, 1.165) is 32.1 Å². The summed E-state index contributed by atoms with van der Waals surface area (Å²) in [5, 5.41) is 0. The number of hydrogen-bond acceptors (Lipinski definition) is 3. The van der Waals surface area contributed by atoms with Crippen LogP contribution < -0.4 is 0 Å². The fraction of sp³-hybridized carbons (Fsp3) is 0.737. The Hall–Kier alpha value is -0.930. The second kappa shape index (κ2) is 9.26. The monoisotopic (exact) mass is 304 g/mol. The summed E-state index contributed by atoms with van der Waals surface area (Å²) < 4.78 is 0. The number of Topliss-reactive ketones (excluding diaryl/α,β-unsaturated/α-hetero) is 1. The standard InChI is InChI=1S/C19H32N2O/c1-3-17-7-5-9-18(10-6-8-17)15-20-11-13-21(14-12-20)16-19(22)4-2/h5-8,17-18H,3-4,9-16H2,1-2H3/b7-5-,8-6-. The molecule has 3 heteroatoms. The number of carbonyl (C=O) groups is 1. The van der Waals surface area contributed by atoms with Crippen molar-refractivity contribution in [2.45, 2.75) is 39.5 Å². The molecule has 3 nitrogen and oxygen atoms in total. The van der Waals surface area contributed by atoms with Crippen LogP contribution in [0.5, 0.6) is 0 Å². The van der Waals surface area contributed by atoms with Crippen LogP contribution in [0.15, 0.2) is 24.3 Å². The summed E-state index contributed by atoms with van der Waals surface area (Å²) in [7, 11) is 0. The molecule has 1 fully saturated rings. The van der Waals surface area contributed by atoms with Gasteiger partial charge in [0, 0.05) is 39.1 Å². The predicted octanol–water partition coefficient (Wildman–Crippen LogP) is 3.13. The van der Waals surface area contributed by atoms with Crippen LogP contribution in [0, 0.1) is 11.8 Å². The van der Waals surface area contributed by atoms with Crippen LogP contribution in [0.1, 0.15) is 39.5 Å². The zero-order valence-corrected chi connectivity index (χ0v) is 14.3. The van der Waals surface area contributed by atoms with Gasteiger partial charge in [0.1, 0.15) is 5.78 Å². The molecular weight excluding hydrogens is 272 g/mol. The van der Waals surface area contributed by atoms with Crippen LogP contribution in [0.3, 0.4) is 0 Å². The molecule has 1 aliphatic heterocycles. The molecule has 0 spiro atoms. The van der Waals surface area contributed by atoms with Gasteiger partial charge in [-0.2, -0.15) is 0 Å². The average Bonchev–Trinajstić information content (AvgIpc) is 2.51. The largest absolute Gasteiger partial charge is 0.300 e. The lowest BCUT2D eigenvalue weighted by molar-refractivity contribution is -0.120. The fourth-order valence-electron chi connectivity index (χ4n) is 3.33. The maximum absolute atomic E-state index is 11.5. The van der Waals surface area contributed by atoms with Gasteiger partial charge in [0.25, 0.3) is 0 Å². The van der Waals surface area contributed by atoms with Crippen LogP contribution >= 0.6 is 0 Å². The van der Waals surface area contributed by atoms with Gasteiger partial charge in [-0.05, 0) is 31.1 Å². The lowest BCUT2D eigenvalue weighted by Crippen LogP contribution is -2.49. The number of nitrogens with zero attached hydrogens (tertiary/aromatic N) is 2. The second-order valence-electron chi connectivity index (χ2n) is 6.73. The van der Waals surface area contributed by atoms with Crippen LogP contribution in [0.4, 0.5) is 0 Å². The molecule has 0 bridgehead atoms. The molecule has 0 N–H and O–H groups in total. The predicted molar refractivity (Wildman–Crippen MR) is 93.0 cm³/mol. The summed E-state index contributed by atoms with van der Waals surface area (Å²) in [6.45, 7) is 10.4. The third-order valence-corrected chi connectivity index (χ3v) is 4.95. The molecule has 124 valence electrons. The van der Waals surface area contributed by atoms with Gasteiger partial charge < -0.3 is 4.90 Å². The minimum absolute atomic E-state index is 0.370. The number of rotatable bonds is 6. The molecular formula is C19H32N2O. The van der Waals surface area contributed by atoms with Crippen LogP contribution in [-0.4, -0.2) is 54.9 Å². The number of piperazine rings is 1. The van der Waals surface area contributed by atoms with E-state index in [1.807, 2.05) is 6.92 Å². The highest BCUT2D eigenvalue weighted by atomic mass is 16.1. The first-order valence-electron chi connectivity index (χ1n) is 9.01. The lowest BCUT2D eigenvalue weighted by atomic mass is 9.93. The zero-order valence-electron chi connectivity index (χ0n) is 14.3. The Labute approximate surface area is 136 Å². The van der Waals surface area contributed by atoms with E-state index < -0.39 is 0 Å². The van der Waals surface area contributed by atoms with Gasteiger partial charge in [-0.25, -0.2) is 0 Å². The molecule has 0 aromatic rings. The molecule has 0 aromatic carbocycles. The maximum atomic E-state index is 11.5. The normalized spacial score (nSPS) is 30.5. The van der Waals surface area contributed by atoms with Crippen molar-refractivity contribution in [3.05, 3.63) is 24.3 Å². The van der Waals surface area contributed by atoms with Gasteiger partial charge in [-0.15, -0.1) is 0 Å². The molecule has 0 saturated carbocycles. The van der Waals surface area contributed by atoms with Crippen molar-refractivity contribution in [2.24, 2.45) is 11.8 Å². The summed E-state index contributed by atoms with van der Waals surface area (Å²) in [5.41, 5.74) is 0. The summed E-state index contributed by atoms with van der Waals surface area (Å²) in [6.07, 6.45) is 13.8. The third-order valence-electron chi connectivity index (χ3n) is 4.95. The summed E-state index contributed by atoms with van der Waals surface area (Å²) in [6, 6.07) is 0. The van der Waals surface area contributed by atoms with Gasteiger partial charge >= 0.3 is 0 Å². The van der Waals surface area contributed by atoms with Gasteiger partial charge in [0.15, 0.2) is 0 Å². The number of ketones is 1. The molecule has 22 heavy (non-hydrogen) atoms. The number of hydrogen-bond donors (Lipinski definition) is 0. The Kier molecular flexibility index (Phi) is 7.34. The minimum Gasteiger partial charge on any atom is -0.300 e. The van der Waals surface area contributed by atoms with E-state index >= 15 is 0 Å². The highest BCUT2D eigenvalue weighted by Gasteiger charge is 2.20. The van der Waals surface area contributed by atoms with Crippen molar-refractivity contribution < 1.29 is 4.79 Å². The molecule has 1 aliphatic carbocycles. The average molecular weight is 304 g/mol. The third kappa shape index (κ3) is 5.69. The summed E-state index contributed by atoms with van der Waals surface area (Å²) in [5.74, 6) is 1.75. The van der Waals surface area contributed by atoms with Crippen molar-refractivity contribution in [1.82, 2.24) is 9.80 Å². The Morgan fingerprint density at radius 2 is 1.59 bits per heavy atom. The van der Waals surface area contributed by atoms with E-state index in [9.17, 15) is 4.79 Å². The van der Waals surface area contributed by atoms with E-state index in [2.05, 4.69) is 41.0 Å². The first-order valence-corrected chi connectivity index (χ1v) is 9.01. The molecule has 0 unspecified atom stereocenters. The number of allylic oxidation sites excluding steroid dienone is 4. The van der Waals surface area contributed by atoms with Crippen molar-refractivity contribution in [3.63, 3.8) is 0 Å². The SMILES string of the molecule is CCC(=O)CN1CCN(CC2C/C=C\C(CC)/C=C\C2)CC1. The van der Waals surface area contributed by atoms with Crippen LogP contribution in [0.25, 0.3) is 0 Å². The van der Waals surface area contributed by atoms with E-state index in [1.165, 1.54) is 25.8 Å². The van der Waals surface area contributed by atoms with Gasteiger partial charge in [0.2, 0.25) is 0 Å². The molecule has 2 aliphatic rings. The Balaban J connectivity index is 1.72. The van der Waals surface area contributed by atoms with Gasteiger partial charge in [-0.1, -0.05) is 38.2 Å². The summed E-state index contributed by atoms with van der Waals surface area (Å²) in [4.78, 5) is 16.4. The number of carbonyl (C=O) groups excluding carboxylic acids is 1. The minimum atomic E-state index is 0.370. The molecule has 1 saturated heterocycles. The van der Waals surface area contributed by atoms with E-state index in [4.69, 9.17) is 0 Å². The molecule has 2 rings (SSSR count). The fourth-order valence-corrected chi connectivity index (χ4v) is 3.33. The Bertz CT molecular complexity index is 378. The first-order chi connectivity index (χ1) is 10.7. The lowest BCUT2D eigenvalue weighted by Gasteiger charge is -2.36. The van der Waals surface area contributed by atoms with Crippen LogP contribution in [0.2, 0.25) is 0 Å². The quantitative estimate of drug-likeness (QED) is 0.704. The van der Waals surface area contributed by atoms with E-state index in [-0.39, 0.29) is 0 Å². The first kappa shape index (κ1) is 17.4. The molecule has 0 aromatic heterocycles. The Morgan fingerprint density at radius 3 is 2.14 bits per heavy atom. The highest BCUT2D eigenvalue weighted by molar-refractivity contribution is 5.80. The van der Waals surface area contributed by atoms with Crippen molar-refractivity contribution in [2.75, 3.05) is 39.3 Å². The van der Waals surface area contributed by atoms with E-state index in [0.29, 0.717) is 24.7 Å². The van der Waals surface area contributed by atoms with E-state index in [1.54, 1.807) is 0 Å². The molecule has 0 amide bonds. The molecule has 0 radical (unpaired) electrons. The molecule has 0 atom stereocenters. The van der Waals surface area contributed by atoms with Crippen molar-refractivity contribution in [3.8, 4) is 0 Å². The zero-order chi connectivity index (χ0) is 15.8. The summed E-state index contributed by atoms with van der Waals surface area (Å²) >= 11 is 0. The van der Waals surface area contributed by atoms with Crippen molar-refractivity contribution >= 4 is 5.78 Å². The topological polar surface area (TPSA) is 23.6 Å². The molecule has 1 heterocycles. The maximum Gasteiger partial charge on any atom is 0.146 e. The van der Waals surface area contributed by atoms with Gasteiger partial charge in [-0.3, -0.25) is 9.69 Å². The van der Waals surface area contributed by atoms with Crippen LogP contribution in [-0.2, 0) is 4.79 Å². The smallest absolute Gasteiger partial charge is 0.146 e. The van der Waals surface area contributed by atoms with Crippen molar-refractivity contribution in [1.29, 1.82) is 0 Å². The Morgan fingerprint density at radius 1 is 1.00 bits per heavy atom. The highest BCUT2D eigenvalue weighted by Crippen LogP contribution is 2.19. The second-order valence-corrected chi connectivity index (χ2v) is 6.73.